The van der Waals surface area contributed by atoms with Gasteiger partial charge in [0, 0.05) is 39.3 Å². The van der Waals surface area contributed by atoms with E-state index >= 15 is 0 Å². The summed E-state index contributed by atoms with van der Waals surface area (Å²) >= 11 is 0. The average molecular weight is 508 g/mol. The van der Waals surface area contributed by atoms with Crippen molar-refractivity contribution in [2.24, 2.45) is 10.9 Å². The molecular formula is C20H34FIN4O2. The van der Waals surface area contributed by atoms with Crippen molar-refractivity contribution in [1.29, 1.82) is 0 Å². The molecule has 1 saturated heterocycles. The van der Waals surface area contributed by atoms with E-state index in [9.17, 15) is 9.50 Å². The highest BCUT2D eigenvalue weighted by atomic mass is 127. The lowest BCUT2D eigenvalue weighted by Gasteiger charge is -2.37. The standard InChI is InChI=1S/C20H33FN4O2.HI/c1-4-22-20(25-11-9-24(10-12-25)14-16(2)3)23-13-18(26)15-27-19-7-5-17(21)6-8-19;/h5-8,16,18,26H,4,9-15H2,1-3H3,(H,22,23);1H. The average Bonchev–Trinajstić information content (AvgIpc) is 2.65. The molecule has 1 aromatic carbocycles. The van der Waals surface area contributed by atoms with Crippen molar-refractivity contribution in [3.63, 3.8) is 0 Å². The maximum absolute atomic E-state index is 12.9. The fraction of sp³-hybridized carbons (Fsp3) is 0.650. The SMILES string of the molecule is CCNC(=NCC(O)COc1ccc(F)cc1)N1CCN(CC(C)C)CC1.I. The number of hydrogen-bond donors (Lipinski definition) is 2. The van der Waals surface area contributed by atoms with Gasteiger partial charge in [-0.15, -0.1) is 24.0 Å². The van der Waals surface area contributed by atoms with Crippen molar-refractivity contribution >= 4 is 29.9 Å². The zero-order valence-corrected chi connectivity index (χ0v) is 19.4. The van der Waals surface area contributed by atoms with E-state index in [1.807, 2.05) is 6.92 Å². The summed E-state index contributed by atoms with van der Waals surface area (Å²) in [4.78, 5) is 9.30. The van der Waals surface area contributed by atoms with Crippen molar-refractivity contribution in [2.45, 2.75) is 26.9 Å². The molecule has 8 heteroatoms. The van der Waals surface area contributed by atoms with E-state index in [1.165, 1.54) is 12.1 Å². The molecule has 0 spiro atoms. The molecule has 1 heterocycles. The molecule has 0 radical (unpaired) electrons. The molecule has 28 heavy (non-hydrogen) atoms. The van der Waals surface area contributed by atoms with Crippen LogP contribution >= 0.6 is 24.0 Å². The third-order valence-electron chi connectivity index (χ3n) is 4.34. The molecule has 160 valence electrons. The number of rotatable bonds is 8. The summed E-state index contributed by atoms with van der Waals surface area (Å²) in [5, 5.41) is 13.5. The second-order valence-electron chi connectivity index (χ2n) is 7.29. The maximum Gasteiger partial charge on any atom is 0.194 e. The lowest BCUT2D eigenvalue weighted by atomic mass is 10.2. The number of aliphatic imine (C=N–C) groups is 1. The zero-order valence-electron chi connectivity index (χ0n) is 17.1. The van der Waals surface area contributed by atoms with Gasteiger partial charge in [0.25, 0.3) is 0 Å². The van der Waals surface area contributed by atoms with Crippen LogP contribution in [0.3, 0.4) is 0 Å². The number of hydrogen-bond acceptors (Lipinski definition) is 4. The highest BCUT2D eigenvalue weighted by molar-refractivity contribution is 14.0. The van der Waals surface area contributed by atoms with Gasteiger partial charge in [-0.25, -0.2) is 4.39 Å². The minimum absolute atomic E-state index is 0. The summed E-state index contributed by atoms with van der Waals surface area (Å²) < 4.78 is 18.4. The summed E-state index contributed by atoms with van der Waals surface area (Å²) in [7, 11) is 0. The minimum Gasteiger partial charge on any atom is -0.491 e. The Balaban J connectivity index is 0.00000392. The van der Waals surface area contributed by atoms with E-state index in [2.05, 4.69) is 34.0 Å². The first-order valence-electron chi connectivity index (χ1n) is 9.80. The number of nitrogens with zero attached hydrogens (tertiary/aromatic N) is 3. The molecule has 0 aliphatic carbocycles. The summed E-state index contributed by atoms with van der Waals surface area (Å²) in [6, 6.07) is 5.77. The van der Waals surface area contributed by atoms with E-state index in [0.29, 0.717) is 11.7 Å². The van der Waals surface area contributed by atoms with Gasteiger partial charge >= 0.3 is 0 Å². The molecule has 1 aliphatic heterocycles. The van der Waals surface area contributed by atoms with E-state index in [0.717, 1.165) is 45.2 Å². The topological polar surface area (TPSA) is 60.3 Å². The van der Waals surface area contributed by atoms with E-state index in [4.69, 9.17) is 4.74 Å². The Morgan fingerprint density at radius 1 is 1.21 bits per heavy atom. The molecule has 2 rings (SSSR count). The number of ether oxygens (including phenoxy) is 1. The number of nitrogens with one attached hydrogen (secondary N) is 1. The van der Waals surface area contributed by atoms with Gasteiger partial charge in [-0.3, -0.25) is 9.89 Å². The molecule has 1 aliphatic rings. The lowest BCUT2D eigenvalue weighted by molar-refractivity contribution is 0.113. The van der Waals surface area contributed by atoms with Gasteiger partial charge in [0.1, 0.15) is 24.3 Å². The fourth-order valence-electron chi connectivity index (χ4n) is 3.05. The van der Waals surface area contributed by atoms with Gasteiger partial charge in [-0.1, -0.05) is 13.8 Å². The van der Waals surface area contributed by atoms with Crippen LogP contribution in [0.2, 0.25) is 0 Å². The van der Waals surface area contributed by atoms with Crippen LogP contribution in [0.1, 0.15) is 20.8 Å². The second kappa shape index (κ2) is 13.2. The molecule has 1 aromatic rings. The molecule has 6 nitrogen and oxygen atoms in total. The highest BCUT2D eigenvalue weighted by Gasteiger charge is 2.20. The Kier molecular flexibility index (Phi) is 11.7. The van der Waals surface area contributed by atoms with Crippen LogP contribution in [0.5, 0.6) is 5.75 Å². The zero-order chi connectivity index (χ0) is 19.6. The molecule has 2 N–H and O–H groups in total. The fourth-order valence-corrected chi connectivity index (χ4v) is 3.05. The predicted molar refractivity (Wildman–Crippen MR) is 122 cm³/mol. The first kappa shape index (κ1) is 24.9. The third kappa shape index (κ3) is 8.91. The predicted octanol–water partition coefficient (Wildman–Crippen LogP) is 2.42. The van der Waals surface area contributed by atoms with Crippen molar-refractivity contribution in [1.82, 2.24) is 15.1 Å². The number of guanidine groups is 1. The van der Waals surface area contributed by atoms with Crippen LogP contribution in [0.4, 0.5) is 4.39 Å². The van der Waals surface area contributed by atoms with Gasteiger partial charge in [-0.2, -0.15) is 0 Å². The smallest absolute Gasteiger partial charge is 0.194 e. The monoisotopic (exact) mass is 508 g/mol. The van der Waals surface area contributed by atoms with Gasteiger partial charge in [0.05, 0.1) is 6.54 Å². The third-order valence-corrected chi connectivity index (χ3v) is 4.34. The van der Waals surface area contributed by atoms with E-state index in [-0.39, 0.29) is 42.9 Å². The van der Waals surface area contributed by atoms with E-state index in [1.54, 1.807) is 12.1 Å². The minimum atomic E-state index is -0.717. The molecule has 1 unspecified atom stereocenters. The molecule has 1 atom stereocenters. The van der Waals surface area contributed by atoms with Gasteiger partial charge < -0.3 is 20.1 Å². The van der Waals surface area contributed by atoms with Crippen LogP contribution in [0.15, 0.2) is 29.3 Å². The number of aliphatic hydroxyl groups is 1. The number of benzene rings is 1. The van der Waals surface area contributed by atoms with Gasteiger partial charge in [-0.05, 0) is 37.1 Å². The van der Waals surface area contributed by atoms with Gasteiger partial charge in [0.15, 0.2) is 5.96 Å². The van der Waals surface area contributed by atoms with Crippen LogP contribution in [0, 0.1) is 11.7 Å². The van der Waals surface area contributed by atoms with Crippen LogP contribution in [-0.2, 0) is 0 Å². The molecule has 0 amide bonds. The summed E-state index contributed by atoms with van der Waals surface area (Å²) in [6.45, 7) is 12.7. The Labute approximate surface area is 185 Å². The van der Waals surface area contributed by atoms with Crippen molar-refractivity contribution in [2.75, 3.05) is 52.4 Å². The van der Waals surface area contributed by atoms with Gasteiger partial charge in [0.2, 0.25) is 0 Å². The Hall–Kier alpha value is -1.13. The Morgan fingerprint density at radius 3 is 2.43 bits per heavy atom. The van der Waals surface area contributed by atoms with Crippen molar-refractivity contribution < 1.29 is 14.2 Å². The molecule has 0 aromatic heterocycles. The summed E-state index contributed by atoms with van der Waals surface area (Å²) in [6.07, 6.45) is -0.717. The lowest BCUT2D eigenvalue weighted by Crippen LogP contribution is -2.53. The van der Waals surface area contributed by atoms with Crippen LogP contribution < -0.4 is 10.1 Å². The van der Waals surface area contributed by atoms with Crippen LogP contribution in [0.25, 0.3) is 0 Å². The number of aliphatic hydroxyl groups excluding tert-OH is 1. The quantitative estimate of drug-likeness (QED) is 0.321. The highest BCUT2D eigenvalue weighted by Crippen LogP contribution is 2.11. The summed E-state index contributed by atoms with van der Waals surface area (Å²) in [5.74, 6) is 1.74. The van der Waals surface area contributed by atoms with Crippen molar-refractivity contribution in [3.05, 3.63) is 30.1 Å². The Bertz CT molecular complexity index is 578. The van der Waals surface area contributed by atoms with E-state index < -0.39 is 6.10 Å². The second-order valence-corrected chi connectivity index (χ2v) is 7.29. The number of halogens is 2. The normalized spacial score (nSPS) is 16.6. The summed E-state index contributed by atoms with van der Waals surface area (Å²) in [5.41, 5.74) is 0. The maximum atomic E-state index is 12.9. The largest absolute Gasteiger partial charge is 0.491 e. The number of piperazine rings is 1. The van der Waals surface area contributed by atoms with Crippen molar-refractivity contribution in [3.8, 4) is 5.75 Å². The first-order valence-corrected chi connectivity index (χ1v) is 9.80. The molecular weight excluding hydrogens is 474 g/mol. The molecule has 0 saturated carbocycles. The Morgan fingerprint density at radius 2 is 1.86 bits per heavy atom. The first-order chi connectivity index (χ1) is 13.0. The molecule has 1 fully saturated rings. The van der Waals surface area contributed by atoms with Crippen LogP contribution in [-0.4, -0.2) is 79.4 Å². The molecule has 0 bridgehead atoms.